The van der Waals surface area contributed by atoms with Gasteiger partial charge in [-0.15, -0.1) is 0 Å². The van der Waals surface area contributed by atoms with E-state index in [1.54, 1.807) is 6.33 Å². The average molecular weight is 391 g/mol. The minimum atomic E-state index is -2.78. The Labute approximate surface area is 163 Å². The molecule has 2 aromatic rings. The Bertz CT molecular complexity index is 846. The van der Waals surface area contributed by atoms with Crippen LogP contribution in [0.25, 0.3) is 5.65 Å². The fraction of sp³-hybridized carbons (Fsp3) is 0.650. The standard InChI is InChI=1S/C20H27F2N5O/c1-13(18(23)19(28)26-10-9-20(21,22)11-26)14-5-7-15(8-6-14)16-3-2-4-17-24-12-25-27(16)17/h2-4,12-15,18H,5-11,23H2,1H3/t13-,14?,15?,18?/m0/s1. The first kappa shape index (κ1) is 19.2. The molecular formula is C20H27F2N5O. The van der Waals surface area contributed by atoms with E-state index in [-0.39, 0.29) is 24.8 Å². The Morgan fingerprint density at radius 3 is 2.71 bits per heavy atom. The van der Waals surface area contributed by atoms with Crippen LogP contribution in [0.3, 0.4) is 0 Å². The first-order valence-corrected chi connectivity index (χ1v) is 10.1. The number of amides is 1. The molecule has 2 atom stereocenters. The number of rotatable bonds is 4. The van der Waals surface area contributed by atoms with Gasteiger partial charge in [-0.25, -0.2) is 18.3 Å². The number of fused-ring (bicyclic) bond motifs is 1. The largest absolute Gasteiger partial charge is 0.335 e. The highest BCUT2D eigenvalue weighted by Crippen LogP contribution is 2.39. The van der Waals surface area contributed by atoms with E-state index in [0.29, 0.717) is 11.8 Å². The van der Waals surface area contributed by atoms with Crippen molar-refractivity contribution in [2.24, 2.45) is 17.6 Å². The lowest BCUT2D eigenvalue weighted by Gasteiger charge is -2.35. The topological polar surface area (TPSA) is 76.5 Å². The van der Waals surface area contributed by atoms with Crippen molar-refractivity contribution in [3.8, 4) is 0 Å². The first-order valence-electron chi connectivity index (χ1n) is 10.1. The zero-order valence-electron chi connectivity index (χ0n) is 16.1. The highest BCUT2D eigenvalue weighted by Gasteiger charge is 2.43. The fourth-order valence-electron chi connectivity index (χ4n) is 4.77. The van der Waals surface area contributed by atoms with Crippen LogP contribution in [0.5, 0.6) is 0 Å². The van der Waals surface area contributed by atoms with Crippen LogP contribution in [0, 0.1) is 11.8 Å². The molecule has 3 heterocycles. The third-order valence-electron chi connectivity index (χ3n) is 6.60. The van der Waals surface area contributed by atoms with Gasteiger partial charge in [-0.05, 0) is 49.7 Å². The number of halogens is 2. The van der Waals surface area contributed by atoms with E-state index in [0.717, 1.165) is 31.3 Å². The van der Waals surface area contributed by atoms with E-state index in [4.69, 9.17) is 5.73 Å². The van der Waals surface area contributed by atoms with Crippen LogP contribution in [-0.2, 0) is 4.79 Å². The Morgan fingerprint density at radius 1 is 1.29 bits per heavy atom. The van der Waals surface area contributed by atoms with Crippen molar-refractivity contribution in [3.63, 3.8) is 0 Å². The lowest BCUT2D eigenvalue weighted by molar-refractivity contribution is -0.134. The third-order valence-corrected chi connectivity index (χ3v) is 6.60. The summed E-state index contributed by atoms with van der Waals surface area (Å²) < 4.78 is 28.7. The summed E-state index contributed by atoms with van der Waals surface area (Å²) in [6, 6.07) is 5.33. The van der Waals surface area contributed by atoms with Gasteiger partial charge in [0.1, 0.15) is 6.33 Å². The van der Waals surface area contributed by atoms with Crippen LogP contribution in [0.2, 0.25) is 0 Å². The molecule has 2 fully saturated rings. The number of carbonyl (C=O) groups is 1. The second-order valence-electron chi connectivity index (χ2n) is 8.34. The summed E-state index contributed by atoms with van der Waals surface area (Å²) in [6.07, 6.45) is 5.23. The van der Waals surface area contributed by atoms with Crippen molar-refractivity contribution >= 4 is 11.6 Å². The molecule has 4 rings (SSSR count). The highest BCUT2D eigenvalue weighted by molar-refractivity contribution is 5.82. The van der Waals surface area contributed by atoms with Crippen molar-refractivity contribution in [2.45, 2.75) is 56.9 Å². The Hall–Kier alpha value is -2.09. The van der Waals surface area contributed by atoms with Crippen molar-refractivity contribution in [2.75, 3.05) is 13.1 Å². The molecule has 0 bridgehead atoms. The Kier molecular flexibility index (Phi) is 5.07. The number of alkyl halides is 2. The van der Waals surface area contributed by atoms with E-state index >= 15 is 0 Å². The lowest BCUT2D eigenvalue weighted by Crippen LogP contribution is -2.49. The molecule has 1 aliphatic carbocycles. The number of pyridine rings is 1. The first-order chi connectivity index (χ1) is 13.4. The molecular weight excluding hydrogens is 364 g/mol. The van der Waals surface area contributed by atoms with Crippen molar-refractivity contribution in [3.05, 3.63) is 30.2 Å². The molecule has 0 spiro atoms. The molecule has 1 saturated carbocycles. The van der Waals surface area contributed by atoms with Crippen LogP contribution in [0.1, 0.15) is 50.6 Å². The van der Waals surface area contributed by atoms with Gasteiger partial charge in [0, 0.05) is 24.6 Å². The predicted octanol–water partition coefficient (Wildman–Crippen LogP) is 2.83. The molecule has 0 aromatic carbocycles. The van der Waals surface area contributed by atoms with Gasteiger partial charge in [-0.2, -0.15) is 5.10 Å². The molecule has 1 aliphatic heterocycles. The summed E-state index contributed by atoms with van der Waals surface area (Å²) in [6.45, 7) is 1.59. The highest BCUT2D eigenvalue weighted by atomic mass is 19.3. The molecule has 1 unspecified atom stereocenters. The number of nitrogens with two attached hydrogens (primary N) is 1. The normalized spacial score (nSPS) is 27.1. The van der Waals surface area contributed by atoms with E-state index in [1.807, 2.05) is 23.6 Å². The number of nitrogens with zero attached hydrogens (tertiary/aromatic N) is 4. The predicted molar refractivity (Wildman–Crippen MR) is 101 cm³/mol. The van der Waals surface area contributed by atoms with Gasteiger partial charge < -0.3 is 10.6 Å². The quantitative estimate of drug-likeness (QED) is 0.870. The maximum atomic E-state index is 13.4. The van der Waals surface area contributed by atoms with E-state index in [1.165, 1.54) is 10.6 Å². The second-order valence-corrected chi connectivity index (χ2v) is 8.34. The van der Waals surface area contributed by atoms with Gasteiger partial charge in [-0.3, -0.25) is 4.79 Å². The smallest absolute Gasteiger partial charge is 0.267 e. The molecule has 8 heteroatoms. The Morgan fingerprint density at radius 2 is 2.04 bits per heavy atom. The molecule has 1 amide bonds. The molecule has 2 N–H and O–H groups in total. The van der Waals surface area contributed by atoms with Crippen LogP contribution < -0.4 is 5.73 Å². The molecule has 0 radical (unpaired) electrons. The molecule has 1 saturated heterocycles. The minimum absolute atomic E-state index is 0.0233. The Balaban J connectivity index is 1.37. The van der Waals surface area contributed by atoms with Crippen molar-refractivity contribution < 1.29 is 13.6 Å². The SMILES string of the molecule is C[C@@H](C1CCC(c2cccc3ncnn23)CC1)C(N)C(=O)N1CCC(F)(F)C1. The second kappa shape index (κ2) is 7.39. The molecule has 28 heavy (non-hydrogen) atoms. The number of hydrogen-bond acceptors (Lipinski definition) is 4. The lowest BCUT2D eigenvalue weighted by atomic mass is 9.73. The summed E-state index contributed by atoms with van der Waals surface area (Å²) >= 11 is 0. The van der Waals surface area contributed by atoms with Gasteiger partial charge in [0.15, 0.2) is 5.65 Å². The van der Waals surface area contributed by atoms with Gasteiger partial charge >= 0.3 is 0 Å². The van der Waals surface area contributed by atoms with Gasteiger partial charge in [0.05, 0.1) is 12.6 Å². The summed E-state index contributed by atoms with van der Waals surface area (Å²) in [7, 11) is 0. The van der Waals surface area contributed by atoms with Crippen molar-refractivity contribution in [1.82, 2.24) is 19.5 Å². The van der Waals surface area contributed by atoms with E-state index in [2.05, 4.69) is 16.1 Å². The maximum absolute atomic E-state index is 13.4. The number of likely N-dealkylation sites (tertiary alicyclic amines) is 1. The maximum Gasteiger partial charge on any atom is 0.267 e. The molecule has 2 aliphatic rings. The van der Waals surface area contributed by atoms with Crippen LogP contribution >= 0.6 is 0 Å². The average Bonchev–Trinajstić information content (AvgIpc) is 3.32. The summed E-state index contributed by atoms with van der Waals surface area (Å²) in [4.78, 5) is 18.1. The molecule has 2 aromatic heterocycles. The number of carbonyl (C=O) groups excluding carboxylic acids is 1. The van der Waals surface area contributed by atoms with Crippen molar-refractivity contribution in [1.29, 1.82) is 0 Å². The molecule has 152 valence electrons. The van der Waals surface area contributed by atoms with E-state index in [9.17, 15) is 13.6 Å². The van der Waals surface area contributed by atoms with Gasteiger partial charge in [-0.1, -0.05) is 13.0 Å². The zero-order chi connectivity index (χ0) is 19.9. The number of hydrogen-bond donors (Lipinski definition) is 1. The van der Waals surface area contributed by atoms with Crippen LogP contribution in [-0.4, -0.2) is 50.5 Å². The minimum Gasteiger partial charge on any atom is -0.335 e. The zero-order valence-corrected chi connectivity index (χ0v) is 16.1. The van der Waals surface area contributed by atoms with Crippen LogP contribution in [0.4, 0.5) is 8.78 Å². The summed E-state index contributed by atoms with van der Waals surface area (Å²) in [5.41, 5.74) is 8.23. The number of aromatic nitrogens is 3. The summed E-state index contributed by atoms with van der Waals surface area (Å²) in [5.74, 6) is -2.41. The monoisotopic (exact) mass is 391 g/mol. The van der Waals surface area contributed by atoms with Gasteiger partial charge in [0.2, 0.25) is 5.91 Å². The third kappa shape index (κ3) is 3.62. The van der Waals surface area contributed by atoms with Crippen LogP contribution in [0.15, 0.2) is 24.5 Å². The van der Waals surface area contributed by atoms with Gasteiger partial charge in [0.25, 0.3) is 5.92 Å². The summed E-state index contributed by atoms with van der Waals surface area (Å²) in [5, 5.41) is 4.33. The fourth-order valence-corrected chi connectivity index (χ4v) is 4.77. The van der Waals surface area contributed by atoms with E-state index < -0.39 is 18.5 Å². The molecule has 6 nitrogen and oxygen atoms in total.